The van der Waals surface area contributed by atoms with Crippen LogP contribution in [0.1, 0.15) is 34.1 Å². The molecule has 106 valence electrons. The molecule has 0 aromatic carbocycles. The standard InChI is InChI=1S/C13H26N2O3/c1-9(2)11(16)13(3,4)8-14-12(17)15-10-5-6-18-7-10/h9-11,16H,5-8H2,1-4H3,(H2,14,15,17). The second kappa shape index (κ2) is 6.38. The Balaban J connectivity index is 2.32. The van der Waals surface area contributed by atoms with Gasteiger partial charge >= 0.3 is 6.03 Å². The van der Waals surface area contributed by atoms with Crippen LogP contribution in [0.5, 0.6) is 0 Å². The molecule has 5 nitrogen and oxygen atoms in total. The molecule has 1 rings (SSSR count). The molecule has 0 aromatic heterocycles. The lowest BCUT2D eigenvalue weighted by molar-refractivity contribution is 0.0151. The summed E-state index contributed by atoms with van der Waals surface area (Å²) in [5, 5.41) is 15.7. The average Bonchev–Trinajstić information content (AvgIpc) is 2.78. The number of aliphatic hydroxyl groups is 1. The van der Waals surface area contributed by atoms with Crippen molar-refractivity contribution in [3.05, 3.63) is 0 Å². The fourth-order valence-electron chi connectivity index (χ4n) is 2.20. The molecule has 1 aliphatic heterocycles. The third kappa shape index (κ3) is 4.46. The molecule has 2 amide bonds. The minimum atomic E-state index is -0.437. The zero-order valence-electron chi connectivity index (χ0n) is 11.8. The lowest BCUT2D eigenvalue weighted by Gasteiger charge is -2.33. The van der Waals surface area contributed by atoms with Crippen LogP contribution in [0.3, 0.4) is 0 Å². The Kier molecular flexibility index (Phi) is 5.41. The molecule has 0 saturated carbocycles. The van der Waals surface area contributed by atoms with Crippen LogP contribution in [-0.4, -0.2) is 43.0 Å². The van der Waals surface area contributed by atoms with E-state index in [1.165, 1.54) is 0 Å². The summed E-state index contributed by atoms with van der Waals surface area (Å²) in [5.41, 5.74) is -0.336. The Labute approximate surface area is 109 Å². The molecule has 0 bridgehead atoms. The molecule has 0 spiro atoms. The lowest BCUT2D eigenvalue weighted by Crippen LogP contribution is -2.48. The van der Waals surface area contributed by atoms with Gasteiger partial charge in [-0.05, 0) is 12.3 Å². The smallest absolute Gasteiger partial charge is 0.315 e. The van der Waals surface area contributed by atoms with Gasteiger partial charge in [-0.25, -0.2) is 4.79 Å². The first-order chi connectivity index (χ1) is 8.33. The number of aliphatic hydroxyl groups excluding tert-OH is 1. The van der Waals surface area contributed by atoms with Gasteiger partial charge in [0, 0.05) is 18.6 Å². The van der Waals surface area contributed by atoms with Crippen LogP contribution < -0.4 is 10.6 Å². The van der Waals surface area contributed by atoms with Gasteiger partial charge in [0.15, 0.2) is 0 Å². The van der Waals surface area contributed by atoms with Crippen LogP contribution >= 0.6 is 0 Å². The fraction of sp³-hybridized carbons (Fsp3) is 0.923. The Morgan fingerprint density at radius 1 is 1.50 bits per heavy atom. The average molecular weight is 258 g/mol. The number of carbonyl (C=O) groups is 1. The molecule has 0 aromatic rings. The SMILES string of the molecule is CC(C)C(O)C(C)(C)CNC(=O)NC1CCOC1. The third-order valence-corrected chi connectivity index (χ3v) is 3.40. The topological polar surface area (TPSA) is 70.6 Å². The number of ether oxygens (including phenoxy) is 1. The highest BCUT2D eigenvalue weighted by molar-refractivity contribution is 5.74. The van der Waals surface area contributed by atoms with E-state index in [1.807, 2.05) is 27.7 Å². The van der Waals surface area contributed by atoms with Gasteiger partial charge in [-0.1, -0.05) is 27.7 Å². The van der Waals surface area contributed by atoms with Crippen molar-refractivity contribution in [2.45, 2.75) is 46.3 Å². The Morgan fingerprint density at radius 3 is 2.67 bits per heavy atom. The third-order valence-electron chi connectivity index (χ3n) is 3.40. The fourth-order valence-corrected chi connectivity index (χ4v) is 2.20. The van der Waals surface area contributed by atoms with Gasteiger partial charge in [-0.2, -0.15) is 0 Å². The summed E-state index contributed by atoms with van der Waals surface area (Å²) < 4.78 is 5.19. The van der Waals surface area contributed by atoms with E-state index in [2.05, 4.69) is 10.6 Å². The number of nitrogens with one attached hydrogen (secondary N) is 2. The van der Waals surface area contributed by atoms with Crippen LogP contribution in [0.15, 0.2) is 0 Å². The van der Waals surface area contributed by atoms with E-state index in [1.54, 1.807) is 0 Å². The lowest BCUT2D eigenvalue weighted by atomic mass is 9.81. The normalized spacial score (nSPS) is 22.0. The van der Waals surface area contributed by atoms with E-state index in [4.69, 9.17) is 4.74 Å². The van der Waals surface area contributed by atoms with Gasteiger partial charge in [0.05, 0.1) is 18.8 Å². The van der Waals surface area contributed by atoms with E-state index in [0.717, 1.165) is 6.42 Å². The van der Waals surface area contributed by atoms with Gasteiger partial charge in [-0.15, -0.1) is 0 Å². The molecule has 1 heterocycles. The van der Waals surface area contributed by atoms with Gasteiger partial charge in [-0.3, -0.25) is 0 Å². The summed E-state index contributed by atoms with van der Waals surface area (Å²) in [7, 11) is 0. The van der Waals surface area contributed by atoms with Crippen molar-refractivity contribution in [1.82, 2.24) is 10.6 Å². The molecule has 1 saturated heterocycles. The molecule has 3 N–H and O–H groups in total. The minimum Gasteiger partial charge on any atom is -0.392 e. The van der Waals surface area contributed by atoms with Crippen molar-refractivity contribution >= 4 is 6.03 Å². The summed E-state index contributed by atoms with van der Waals surface area (Å²) in [6.45, 7) is 9.61. The highest BCUT2D eigenvalue weighted by atomic mass is 16.5. The van der Waals surface area contributed by atoms with Gasteiger partial charge in [0.1, 0.15) is 0 Å². The zero-order valence-corrected chi connectivity index (χ0v) is 11.8. The van der Waals surface area contributed by atoms with Crippen LogP contribution in [0.4, 0.5) is 4.79 Å². The first-order valence-corrected chi connectivity index (χ1v) is 6.63. The molecule has 18 heavy (non-hydrogen) atoms. The van der Waals surface area contributed by atoms with Crippen molar-refractivity contribution in [2.24, 2.45) is 11.3 Å². The summed E-state index contributed by atoms with van der Waals surface area (Å²) in [6.07, 6.45) is 0.429. The minimum absolute atomic E-state index is 0.114. The quantitative estimate of drug-likeness (QED) is 0.692. The molecule has 2 unspecified atom stereocenters. The maximum atomic E-state index is 11.7. The highest BCUT2D eigenvalue weighted by Crippen LogP contribution is 2.24. The van der Waals surface area contributed by atoms with Crippen molar-refractivity contribution < 1.29 is 14.6 Å². The predicted molar refractivity (Wildman–Crippen MR) is 70.4 cm³/mol. The number of urea groups is 1. The molecule has 5 heteroatoms. The summed E-state index contributed by atoms with van der Waals surface area (Å²) in [6, 6.07) is -0.0716. The number of hydrogen-bond acceptors (Lipinski definition) is 3. The molecular formula is C13H26N2O3. The Hall–Kier alpha value is -0.810. The molecular weight excluding hydrogens is 232 g/mol. The van der Waals surface area contributed by atoms with E-state index in [0.29, 0.717) is 19.8 Å². The van der Waals surface area contributed by atoms with Crippen LogP contribution in [0.25, 0.3) is 0 Å². The van der Waals surface area contributed by atoms with Crippen LogP contribution in [-0.2, 0) is 4.74 Å². The Morgan fingerprint density at radius 2 is 2.17 bits per heavy atom. The molecule has 1 aliphatic rings. The number of rotatable bonds is 5. The van der Waals surface area contributed by atoms with Crippen molar-refractivity contribution in [2.75, 3.05) is 19.8 Å². The van der Waals surface area contributed by atoms with Gasteiger partial charge in [0.25, 0.3) is 0 Å². The zero-order chi connectivity index (χ0) is 13.8. The first-order valence-electron chi connectivity index (χ1n) is 6.63. The molecule has 2 atom stereocenters. The number of hydrogen-bond donors (Lipinski definition) is 3. The van der Waals surface area contributed by atoms with Crippen molar-refractivity contribution in [3.63, 3.8) is 0 Å². The van der Waals surface area contributed by atoms with Crippen LogP contribution in [0.2, 0.25) is 0 Å². The van der Waals surface area contributed by atoms with E-state index in [9.17, 15) is 9.90 Å². The van der Waals surface area contributed by atoms with E-state index >= 15 is 0 Å². The van der Waals surface area contributed by atoms with Crippen molar-refractivity contribution in [1.29, 1.82) is 0 Å². The van der Waals surface area contributed by atoms with E-state index in [-0.39, 0.29) is 23.4 Å². The predicted octanol–water partition coefficient (Wildman–Crippen LogP) is 1.12. The summed E-state index contributed by atoms with van der Waals surface area (Å²) in [5.74, 6) is 0.174. The van der Waals surface area contributed by atoms with Gasteiger partial charge in [0.2, 0.25) is 0 Å². The summed E-state index contributed by atoms with van der Waals surface area (Å²) in [4.78, 5) is 11.7. The second-order valence-electron chi connectivity index (χ2n) is 6.06. The van der Waals surface area contributed by atoms with Gasteiger partial charge < -0.3 is 20.5 Å². The van der Waals surface area contributed by atoms with Crippen molar-refractivity contribution in [3.8, 4) is 0 Å². The maximum Gasteiger partial charge on any atom is 0.315 e. The largest absolute Gasteiger partial charge is 0.392 e. The second-order valence-corrected chi connectivity index (χ2v) is 6.06. The number of amides is 2. The van der Waals surface area contributed by atoms with E-state index < -0.39 is 6.10 Å². The molecule has 1 fully saturated rings. The summed E-state index contributed by atoms with van der Waals surface area (Å²) >= 11 is 0. The molecule has 0 radical (unpaired) electrons. The number of carbonyl (C=O) groups excluding carboxylic acids is 1. The molecule has 0 aliphatic carbocycles. The van der Waals surface area contributed by atoms with Crippen LogP contribution in [0, 0.1) is 11.3 Å². The Bertz CT molecular complexity index is 273. The first kappa shape index (κ1) is 15.2. The maximum absolute atomic E-state index is 11.7. The monoisotopic (exact) mass is 258 g/mol. The highest BCUT2D eigenvalue weighted by Gasteiger charge is 2.30.